The third kappa shape index (κ3) is 5.75. The lowest BCUT2D eigenvalue weighted by molar-refractivity contribution is -0.147. The Morgan fingerprint density at radius 3 is 2.58 bits per heavy atom. The van der Waals surface area contributed by atoms with Crippen LogP contribution in [0.4, 0.5) is 4.39 Å². The molecular formula is C19H19ClFNO3S. The number of rotatable bonds is 8. The minimum Gasteiger partial charge on any atom is -0.459 e. The van der Waals surface area contributed by atoms with Crippen LogP contribution in [-0.4, -0.2) is 29.9 Å². The van der Waals surface area contributed by atoms with Crippen molar-refractivity contribution in [1.29, 1.82) is 0 Å². The van der Waals surface area contributed by atoms with E-state index in [0.29, 0.717) is 17.7 Å². The fraction of sp³-hybridized carbons (Fsp3) is 0.263. The lowest BCUT2D eigenvalue weighted by Crippen LogP contribution is -2.42. The summed E-state index contributed by atoms with van der Waals surface area (Å²) in [6.45, 7) is -0.290. The monoisotopic (exact) mass is 395 g/mol. The Hall–Kier alpha value is -2.05. The molecule has 1 N–H and O–H groups in total. The van der Waals surface area contributed by atoms with Crippen molar-refractivity contribution in [3.63, 3.8) is 0 Å². The van der Waals surface area contributed by atoms with Crippen LogP contribution in [0, 0.1) is 5.82 Å². The Morgan fingerprint density at radius 1 is 1.19 bits per heavy atom. The van der Waals surface area contributed by atoms with Crippen molar-refractivity contribution < 1.29 is 18.7 Å². The highest BCUT2D eigenvalue weighted by Crippen LogP contribution is 2.20. The number of hydrogen-bond acceptors (Lipinski definition) is 4. The van der Waals surface area contributed by atoms with Crippen molar-refractivity contribution in [2.45, 2.75) is 19.1 Å². The second kappa shape index (κ2) is 10.2. The van der Waals surface area contributed by atoms with Gasteiger partial charge in [0, 0.05) is 11.1 Å². The second-order valence-electron chi connectivity index (χ2n) is 5.48. The van der Waals surface area contributed by atoms with E-state index in [-0.39, 0.29) is 23.1 Å². The summed E-state index contributed by atoms with van der Waals surface area (Å²) < 4.78 is 19.0. The van der Waals surface area contributed by atoms with Gasteiger partial charge in [0.15, 0.2) is 0 Å². The first kappa shape index (κ1) is 20.3. The molecular weight excluding hydrogens is 377 g/mol. The zero-order valence-corrected chi connectivity index (χ0v) is 15.8. The highest BCUT2D eigenvalue weighted by molar-refractivity contribution is 7.98. The summed E-state index contributed by atoms with van der Waals surface area (Å²) in [4.78, 5) is 24.7. The van der Waals surface area contributed by atoms with E-state index in [1.807, 2.05) is 6.26 Å². The van der Waals surface area contributed by atoms with Crippen molar-refractivity contribution in [1.82, 2.24) is 5.32 Å². The van der Waals surface area contributed by atoms with Gasteiger partial charge in [0.2, 0.25) is 0 Å². The van der Waals surface area contributed by atoms with Gasteiger partial charge in [0.25, 0.3) is 5.91 Å². The molecule has 1 amide bonds. The van der Waals surface area contributed by atoms with E-state index in [1.165, 1.54) is 18.2 Å². The molecule has 138 valence electrons. The Labute approximate surface area is 161 Å². The van der Waals surface area contributed by atoms with Gasteiger partial charge in [0.1, 0.15) is 18.5 Å². The fourth-order valence-corrected chi connectivity index (χ4v) is 2.92. The maximum Gasteiger partial charge on any atom is 0.329 e. The SMILES string of the molecule is CSCC[C@H](NC(=O)c1ccccc1)C(=O)OCc1c(F)cccc1Cl. The summed E-state index contributed by atoms with van der Waals surface area (Å²) in [5, 5.41) is 2.87. The Kier molecular flexibility index (Phi) is 7.94. The maximum atomic E-state index is 13.8. The van der Waals surface area contributed by atoms with Gasteiger partial charge in [0.05, 0.1) is 5.02 Å². The van der Waals surface area contributed by atoms with Gasteiger partial charge in [-0.25, -0.2) is 9.18 Å². The van der Waals surface area contributed by atoms with Crippen LogP contribution in [0.1, 0.15) is 22.3 Å². The van der Waals surface area contributed by atoms with Crippen molar-refractivity contribution in [3.05, 3.63) is 70.5 Å². The van der Waals surface area contributed by atoms with E-state index >= 15 is 0 Å². The summed E-state index contributed by atoms with van der Waals surface area (Å²) in [5.74, 6) is -0.866. The van der Waals surface area contributed by atoms with Gasteiger partial charge in [-0.2, -0.15) is 11.8 Å². The van der Waals surface area contributed by atoms with Gasteiger partial charge < -0.3 is 10.1 Å². The van der Waals surface area contributed by atoms with Gasteiger partial charge >= 0.3 is 5.97 Å². The molecule has 0 aliphatic rings. The number of amides is 1. The topological polar surface area (TPSA) is 55.4 Å². The molecule has 7 heteroatoms. The molecule has 0 saturated carbocycles. The molecule has 0 aliphatic carbocycles. The van der Waals surface area contributed by atoms with E-state index in [9.17, 15) is 14.0 Å². The lowest BCUT2D eigenvalue weighted by Gasteiger charge is -2.18. The zero-order chi connectivity index (χ0) is 18.9. The Morgan fingerprint density at radius 2 is 1.92 bits per heavy atom. The number of nitrogens with one attached hydrogen (secondary N) is 1. The summed E-state index contributed by atoms with van der Waals surface area (Å²) in [7, 11) is 0. The van der Waals surface area contributed by atoms with Crippen LogP contribution in [0.25, 0.3) is 0 Å². The predicted octanol–water partition coefficient (Wildman–Crippen LogP) is 4.07. The molecule has 26 heavy (non-hydrogen) atoms. The average molecular weight is 396 g/mol. The molecule has 2 rings (SSSR count). The van der Waals surface area contributed by atoms with Crippen LogP contribution in [0.5, 0.6) is 0 Å². The van der Waals surface area contributed by atoms with Crippen LogP contribution < -0.4 is 5.32 Å². The number of carbonyl (C=O) groups is 2. The highest BCUT2D eigenvalue weighted by atomic mass is 35.5. The third-order valence-corrected chi connectivity index (χ3v) is 4.65. The average Bonchev–Trinajstić information content (AvgIpc) is 2.65. The van der Waals surface area contributed by atoms with Crippen LogP contribution in [0.2, 0.25) is 5.02 Å². The molecule has 2 aromatic rings. The standard InChI is InChI=1S/C19H19ClFNO3S/c1-26-11-10-17(22-18(23)13-6-3-2-4-7-13)19(24)25-12-14-15(20)8-5-9-16(14)21/h2-9,17H,10-12H2,1H3,(H,22,23)/t17-/m0/s1. The van der Waals surface area contributed by atoms with Crippen LogP contribution in [-0.2, 0) is 16.1 Å². The molecule has 0 spiro atoms. The summed E-state index contributed by atoms with van der Waals surface area (Å²) in [6.07, 6.45) is 2.31. The zero-order valence-electron chi connectivity index (χ0n) is 14.2. The number of hydrogen-bond donors (Lipinski definition) is 1. The predicted molar refractivity (Wildman–Crippen MR) is 102 cm³/mol. The minimum atomic E-state index is -0.819. The van der Waals surface area contributed by atoms with Crippen molar-refractivity contribution in [2.24, 2.45) is 0 Å². The molecule has 4 nitrogen and oxygen atoms in total. The summed E-state index contributed by atoms with van der Waals surface area (Å²) >= 11 is 7.49. The highest BCUT2D eigenvalue weighted by Gasteiger charge is 2.23. The molecule has 0 fully saturated rings. The number of benzene rings is 2. The normalized spacial score (nSPS) is 11.7. The van der Waals surface area contributed by atoms with E-state index in [0.717, 1.165) is 0 Å². The lowest BCUT2D eigenvalue weighted by atomic mass is 10.1. The summed E-state index contributed by atoms with van der Waals surface area (Å²) in [5.41, 5.74) is 0.562. The third-order valence-electron chi connectivity index (χ3n) is 3.66. The van der Waals surface area contributed by atoms with Crippen LogP contribution >= 0.6 is 23.4 Å². The molecule has 0 saturated heterocycles. The molecule has 1 atom stereocenters. The van der Waals surface area contributed by atoms with E-state index in [4.69, 9.17) is 16.3 Å². The quantitative estimate of drug-likeness (QED) is 0.684. The largest absolute Gasteiger partial charge is 0.459 e. The molecule has 2 aromatic carbocycles. The molecule has 0 aromatic heterocycles. The van der Waals surface area contributed by atoms with Crippen molar-refractivity contribution in [3.8, 4) is 0 Å². The van der Waals surface area contributed by atoms with Crippen LogP contribution in [0.15, 0.2) is 48.5 Å². The van der Waals surface area contributed by atoms with Gasteiger partial charge in [-0.3, -0.25) is 4.79 Å². The smallest absolute Gasteiger partial charge is 0.329 e. The van der Waals surface area contributed by atoms with Crippen molar-refractivity contribution >= 4 is 35.2 Å². The number of esters is 1. The molecule has 0 heterocycles. The van der Waals surface area contributed by atoms with Crippen LogP contribution in [0.3, 0.4) is 0 Å². The summed E-state index contributed by atoms with van der Waals surface area (Å²) in [6, 6.07) is 12.0. The fourth-order valence-electron chi connectivity index (χ4n) is 2.23. The Balaban J connectivity index is 2.03. The van der Waals surface area contributed by atoms with Gasteiger partial charge in [-0.05, 0) is 42.7 Å². The number of carbonyl (C=O) groups excluding carboxylic acids is 2. The minimum absolute atomic E-state index is 0.112. The van der Waals surface area contributed by atoms with Gasteiger partial charge in [-0.1, -0.05) is 35.9 Å². The number of halogens is 2. The first-order valence-corrected chi connectivity index (χ1v) is 9.74. The van der Waals surface area contributed by atoms with E-state index < -0.39 is 17.8 Å². The number of thioether (sulfide) groups is 1. The molecule has 0 aliphatic heterocycles. The molecule has 0 unspecified atom stereocenters. The maximum absolute atomic E-state index is 13.8. The van der Waals surface area contributed by atoms with Gasteiger partial charge in [-0.15, -0.1) is 0 Å². The van der Waals surface area contributed by atoms with E-state index in [2.05, 4.69) is 5.32 Å². The second-order valence-corrected chi connectivity index (χ2v) is 6.87. The first-order chi connectivity index (χ1) is 12.5. The Bertz CT molecular complexity index is 737. The van der Waals surface area contributed by atoms with E-state index in [1.54, 1.807) is 42.1 Å². The number of ether oxygens (including phenoxy) is 1. The molecule has 0 bridgehead atoms. The first-order valence-electron chi connectivity index (χ1n) is 7.97. The molecule has 0 radical (unpaired) electrons. The van der Waals surface area contributed by atoms with Crippen molar-refractivity contribution in [2.75, 3.05) is 12.0 Å².